The molecule has 1 saturated heterocycles. The van der Waals surface area contributed by atoms with Crippen molar-refractivity contribution in [1.29, 1.82) is 0 Å². The molecule has 1 aliphatic rings. The van der Waals surface area contributed by atoms with E-state index in [1.807, 2.05) is 13.8 Å². The van der Waals surface area contributed by atoms with E-state index in [4.69, 9.17) is 25.8 Å². The summed E-state index contributed by atoms with van der Waals surface area (Å²) in [7, 11) is 0. The van der Waals surface area contributed by atoms with Gasteiger partial charge in [-0.25, -0.2) is 0 Å². The standard InChI is InChI=1S/C19H22ClNO6S/c1-5-25-14-8-12(7-13(20)17(14)26-6-2)9-15-18(23)21(19(24)28-15)10-16(22)27-11(3)4/h7-9,11H,5-6,10H2,1-4H3/b15-9+. The lowest BCUT2D eigenvalue weighted by atomic mass is 10.1. The van der Waals surface area contributed by atoms with E-state index >= 15 is 0 Å². The smallest absolute Gasteiger partial charge is 0.326 e. The second-order valence-electron chi connectivity index (χ2n) is 6.00. The Morgan fingerprint density at radius 3 is 2.50 bits per heavy atom. The van der Waals surface area contributed by atoms with E-state index in [-0.39, 0.29) is 11.0 Å². The first kappa shape index (κ1) is 22.1. The number of hydrogen-bond acceptors (Lipinski definition) is 7. The summed E-state index contributed by atoms with van der Waals surface area (Å²) in [5, 5.41) is -0.196. The lowest BCUT2D eigenvalue weighted by Crippen LogP contribution is -2.35. The highest BCUT2D eigenvalue weighted by Gasteiger charge is 2.36. The Labute approximate surface area is 172 Å². The molecular formula is C19H22ClNO6S. The summed E-state index contributed by atoms with van der Waals surface area (Å²) in [5.41, 5.74) is 0.576. The van der Waals surface area contributed by atoms with Gasteiger partial charge in [-0.2, -0.15) is 0 Å². The molecule has 0 bridgehead atoms. The maximum absolute atomic E-state index is 12.5. The van der Waals surface area contributed by atoms with Crippen molar-refractivity contribution in [3.63, 3.8) is 0 Å². The maximum atomic E-state index is 12.5. The molecule has 0 unspecified atom stereocenters. The summed E-state index contributed by atoms with van der Waals surface area (Å²) in [4.78, 5) is 37.5. The largest absolute Gasteiger partial charge is 0.490 e. The molecule has 1 heterocycles. The number of carbonyl (C=O) groups excluding carboxylic acids is 3. The number of imide groups is 1. The highest BCUT2D eigenvalue weighted by atomic mass is 35.5. The van der Waals surface area contributed by atoms with Crippen LogP contribution in [0.15, 0.2) is 17.0 Å². The highest BCUT2D eigenvalue weighted by molar-refractivity contribution is 8.18. The second-order valence-corrected chi connectivity index (χ2v) is 7.40. The second kappa shape index (κ2) is 9.84. The van der Waals surface area contributed by atoms with Crippen LogP contribution >= 0.6 is 23.4 Å². The average molecular weight is 428 g/mol. The monoisotopic (exact) mass is 427 g/mol. The molecule has 1 aliphatic heterocycles. The van der Waals surface area contributed by atoms with Crippen molar-refractivity contribution in [2.24, 2.45) is 0 Å². The minimum atomic E-state index is -0.638. The zero-order chi connectivity index (χ0) is 20.8. The minimum absolute atomic E-state index is 0.185. The minimum Gasteiger partial charge on any atom is -0.490 e. The zero-order valence-electron chi connectivity index (χ0n) is 16.1. The van der Waals surface area contributed by atoms with Gasteiger partial charge in [0.15, 0.2) is 11.5 Å². The van der Waals surface area contributed by atoms with Gasteiger partial charge in [0.2, 0.25) is 0 Å². The number of esters is 1. The third-order valence-corrected chi connectivity index (χ3v) is 4.63. The third-order valence-electron chi connectivity index (χ3n) is 3.45. The lowest BCUT2D eigenvalue weighted by Gasteiger charge is -2.14. The van der Waals surface area contributed by atoms with E-state index in [1.54, 1.807) is 26.0 Å². The Morgan fingerprint density at radius 2 is 1.89 bits per heavy atom. The predicted molar refractivity (Wildman–Crippen MR) is 108 cm³/mol. The molecular weight excluding hydrogens is 406 g/mol. The zero-order valence-corrected chi connectivity index (χ0v) is 17.7. The quantitative estimate of drug-likeness (QED) is 0.455. The van der Waals surface area contributed by atoms with Crippen LogP contribution in [-0.2, 0) is 14.3 Å². The molecule has 0 radical (unpaired) electrons. The number of amides is 2. The van der Waals surface area contributed by atoms with Crippen LogP contribution < -0.4 is 9.47 Å². The molecule has 2 amide bonds. The molecule has 1 aromatic carbocycles. The molecule has 7 nitrogen and oxygen atoms in total. The maximum Gasteiger partial charge on any atom is 0.326 e. The molecule has 28 heavy (non-hydrogen) atoms. The number of benzene rings is 1. The number of halogens is 1. The van der Waals surface area contributed by atoms with Gasteiger partial charge in [-0.05, 0) is 63.2 Å². The van der Waals surface area contributed by atoms with E-state index in [0.29, 0.717) is 35.3 Å². The van der Waals surface area contributed by atoms with Crippen LogP contribution in [0.5, 0.6) is 11.5 Å². The molecule has 1 aromatic rings. The van der Waals surface area contributed by atoms with E-state index < -0.39 is 23.7 Å². The van der Waals surface area contributed by atoms with Crippen molar-refractivity contribution in [3.05, 3.63) is 27.6 Å². The summed E-state index contributed by atoms with van der Waals surface area (Å²) < 4.78 is 16.1. The van der Waals surface area contributed by atoms with Gasteiger partial charge in [-0.3, -0.25) is 19.3 Å². The molecule has 9 heteroatoms. The van der Waals surface area contributed by atoms with Crippen LogP contribution in [-0.4, -0.2) is 47.9 Å². The van der Waals surface area contributed by atoms with Gasteiger partial charge in [-0.1, -0.05) is 11.6 Å². The first-order valence-corrected chi connectivity index (χ1v) is 10.00. The van der Waals surface area contributed by atoms with Crippen LogP contribution in [0, 0.1) is 0 Å². The number of nitrogens with zero attached hydrogens (tertiary/aromatic N) is 1. The Balaban J connectivity index is 2.26. The number of ether oxygens (including phenoxy) is 3. The fourth-order valence-electron chi connectivity index (χ4n) is 2.44. The summed E-state index contributed by atoms with van der Waals surface area (Å²) in [6.07, 6.45) is 1.20. The SMILES string of the molecule is CCOc1cc(/C=C2/SC(=O)N(CC(=O)OC(C)C)C2=O)cc(Cl)c1OCC. The highest BCUT2D eigenvalue weighted by Crippen LogP contribution is 2.39. The summed E-state index contributed by atoms with van der Waals surface area (Å²) >= 11 is 7.03. The van der Waals surface area contributed by atoms with Gasteiger partial charge in [-0.15, -0.1) is 0 Å². The molecule has 0 N–H and O–H groups in total. The Hall–Kier alpha value is -2.19. The average Bonchev–Trinajstić information content (AvgIpc) is 2.85. The molecule has 0 aromatic heterocycles. The summed E-state index contributed by atoms with van der Waals surface area (Å²) in [5.74, 6) is -0.324. The van der Waals surface area contributed by atoms with Gasteiger partial charge in [0.25, 0.3) is 11.1 Å². The van der Waals surface area contributed by atoms with Gasteiger partial charge in [0, 0.05) is 0 Å². The van der Waals surface area contributed by atoms with Crippen molar-refractivity contribution in [3.8, 4) is 11.5 Å². The fraction of sp³-hybridized carbons (Fsp3) is 0.421. The molecule has 0 saturated carbocycles. The van der Waals surface area contributed by atoms with Crippen LogP contribution in [0.3, 0.4) is 0 Å². The van der Waals surface area contributed by atoms with Crippen molar-refractivity contribution >= 4 is 46.6 Å². The Kier molecular flexibility index (Phi) is 7.77. The summed E-state index contributed by atoms with van der Waals surface area (Å²) in [6, 6.07) is 3.30. The van der Waals surface area contributed by atoms with E-state index in [9.17, 15) is 14.4 Å². The fourth-order valence-corrected chi connectivity index (χ4v) is 3.55. The van der Waals surface area contributed by atoms with Gasteiger partial charge >= 0.3 is 5.97 Å². The number of hydrogen-bond donors (Lipinski definition) is 0. The molecule has 2 rings (SSSR count). The van der Waals surface area contributed by atoms with Gasteiger partial charge < -0.3 is 14.2 Å². The van der Waals surface area contributed by atoms with Crippen molar-refractivity contribution in [1.82, 2.24) is 4.90 Å². The van der Waals surface area contributed by atoms with Crippen LogP contribution in [0.1, 0.15) is 33.3 Å². The topological polar surface area (TPSA) is 82.1 Å². The number of thioether (sulfide) groups is 1. The molecule has 1 fully saturated rings. The predicted octanol–water partition coefficient (Wildman–Crippen LogP) is 4.13. The number of carbonyl (C=O) groups is 3. The van der Waals surface area contributed by atoms with Gasteiger partial charge in [0.05, 0.1) is 29.2 Å². The van der Waals surface area contributed by atoms with Crippen LogP contribution in [0.2, 0.25) is 5.02 Å². The molecule has 0 aliphatic carbocycles. The summed E-state index contributed by atoms with van der Waals surface area (Å²) in [6.45, 7) is 7.46. The van der Waals surface area contributed by atoms with Crippen molar-refractivity contribution in [2.75, 3.05) is 19.8 Å². The molecule has 0 spiro atoms. The third kappa shape index (κ3) is 5.42. The molecule has 0 atom stereocenters. The normalized spacial score (nSPS) is 15.5. The lowest BCUT2D eigenvalue weighted by molar-refractivity contribution is -0.149. The Bertz CT molecular complexity index is 808. The first-order valence-electron chi connectivity index (χ1n) is 8.80. The van der Waals surface area contributed by atoms with Crippen molar-refractivity contribution < 1.29 is 28.6 Å². The van der Waals surface area contributed by atoms with Crippen LogP contribution in [0.25, 0.3) is 6.08 Å². The molecule has 152 valence electrons. The number of rotatable bonds is 8. The van der Waals surface area contributed by atoms with E-state index in [2.05, 4.69) is 0 Å². The Morgan fingerprint density at radius 1 is 1.21 bits per heavy atom. The van der Waals surface area contributed by atoms with E-state index in [1.165, 1.54) is 6.08 Å². The van der Waals surface area contributed by atoms with Gasteiger partial charge in [0.1, 0.15) is 6.54 Å². The van der Waals surface area contributed by atoms with Crippen molar-refractivity contribution in [2.45, 2.75) is 33.8 Å². The first-order chi connectivity index (χ1) is 13.3. The van der Waals surface area contributed by atoms with E-state index in [0.717, 1.165) is 16.7 Å². The van der Waals surface area contributed by atoms with Crippen LogP contribution in [0.4, 0.5) is 4.79 Å².